The lowest BCUT2D eigenvalue weighted by Gasteiger charge is -2.38. The maximum Gasteiger partial charge on any atom is 0.278 e. The third kappa shape index (κ3) is 5.84. The summed E-state index contributed by atoms with van der Waals surface area (Å²) in [4.78, 5) is 51.3. The van der Waals surface area contributed by atoms with Crippen LogP contribution in [0.4, 0.5) is 10.2 Å². The highest BCUT2D eigenvalue weighted by Crippen LogP contribution is 2.60. The molecule has 0 amide bonds. The van der Waals surface area contributed by atoms with Crippen molar-refractivity contribution in [2.75, 3.05) is 12.3 Å². The SMILES string of the molecule is C#C[C@]1(COP(=O)([O-])OP(=O)([O-])OP(=O)([O-])[O-])O[C@@H](n2cc(F)c3c(N)nc(Cl)nc32)C[C@@H]1O. The molecule has 0 spiro atoms. The molecule has 2 unspecified atom stereocenters. The predicted octanol–water partition coefficient (Wildman–Crippen LogP) is -1.73. The number of aliphatic hydroxyl groups is 1. The minimum Gasteiger partial charge on any atom is -0.790 e. The van der Waals surface area contributed by atoms with Crippen LogP contribution in [0.25, 0.3) is 11.0 Å². The Bertz CT molecular complexity index is 1310. The first-order chi connectivity index (χ1) is 15.5. The van der Waals surface area contributed by atoms with Crippen LogP contribution >= 0.6 is 35.1 Å². The summed E-state index contributed by atoms with van der Waals surface area (Å²) in [7, 11) is -18.3. The Morgan fingerprint density at radius 1 is 1.32 bits per heavy atom. The van der Waals surface area contributed by atoms with Gasteiger partial charge in [0.05, 0.1) is 19.8 Å². The molecule has 2 aromatic rings. The number of nitrogens with two attached hydrogens (primary N) is 1. The molecule has 1 fully saturated rings. The van der Waals surface area contributed by atoms with Gasteiger partial charge in [0.2, 0.25) is 5.28 Å². The van der Waals surface area contributed by atoms with Crippen molar-refractivity contribution in [1.29, 1.82) is 0 Å². The Kier molecular flexibility index (Phi) is 7.34. The molecular weight excluding hydrogens is 552 g/mol. The van der Waals surface area contributed by atoms with E-state index in [2.05, 4.69) is 23.1 Å². The molecule has 2 aromatic heterocycles. The van der Waals surface area contributed by atoms with Crippen molar-refractivity contribution < 1.29 is 60.6 Å². The van der Waals surface area contributed by atoms with Crippen LogP contribution in [0.3, 0.4) is 0 Å². The first-order valence-corrected chi connectivity index (χ1v) is 13.3. The summed E-state index contributed by atoms with van der Waals surface area (Å²) in [5.74, 6) is 0.772. The van der Waals surface area contributed by atoms with E-state index in [0.717, 1.165) is 10.8 Å². The van der Waals surface area contributed by atoms with Crippen LogP contribution in [0.5, 0.6) is 0 Å². The van der Waals surface area contributed by atoms with Crippen LogP contribution in [0, 0.1) is 18.2 Å². The molecule has 1 aliphatic heterocycles. The smallest absolute Gasteiger partial charge is 0.278 e. The molecule has 21 heteroatoms. The van der Waals surface area contributed by atoms with Crippen LogP contribution < -0.4 is 25.3 Å². The van der Waals surface area contributed by atoms with Gasteiger partial charge < -0.3 is 48.8 Å². The third-order valence-corrected chi connectivity index (χ3v) is 8.14. The maximum atomic E-state index is 14.4. The van der Waals surface area contributed by atoms with Gasteiger partial charge in [-0.05, 0) is 11.6 Å². The second kappa shape index (κ2) is 9.20. The second-order valence-electron chi connectivity index (χ2n) is 6.60. The molecule has 0 radical (unpaired) electrons. The van der Waals surface area contributed by atoms with Crippen molar-refractivity contribution in [3.05, 3.63) is 17.3 Å². The van der Waals surface area contributed by atoms with Crippen molar-refractivity contribution in [2.45, 2.75) is 24.4 Å². The zero-order valence-electron chi connectivity index (χ0n) is 16.2. The maximum absolute atomic E-state index is 14.4. The quantitative estimate of drug-likeness (QED) is 0.206. The van der Waals surface area contributed by atoms with E-state index in [4.69, 9.17) is 28.5 Å². The van der Waals surface area contributed by atoms with Gasteiger partial charge in [-0.2, -0.15) is 4.98 Å². The van der Waals surface area contributed by atoms with Gasteiger partial charge in [0.1, 0.15) is 18.1 Å². The van der Waals surface area contributed by atoms with Crippen LogP contribution in [0.2, 0.25) is 5.28 Å². The number of ether oxygens (including phenoxy) is 1. The van der Waals surface area contributed by atoms with Crippen LogP contribution in [-0.4, -0.2) is 38.0 Å². The average Bonchev–Trinajstić information content (AvgIpc) is 3.14. The normalized spacial score (nSPS) is 26.8. The number of nitrogen functional groups attached to an aromatic ring is 1. The predicted molar refractivity (Wildman–Crippen MR) is 100 cm³/mol. The Balaban J connectivity index is 1.82. The number of nitrogens with zero attached hydrogens (tertiary/aromatic N) is 3. The fraction of sp³-hybridized carbons (Fsp3) is 0.385. The lowest BCUT2D eigenvalue weighted by molar-refractivity contribution is -0.339. The number of aromatic nitrogens is 3. The van der Waals surface area contributed by atoms with E-state index >= 15 is 0 Å². The Hall–Kier alpha value is -1.47. The van der Waals surface area contributed by atoms with Crippen molar-refractivity contribution in [1.82, 2.24) is 14.5 Å². The summed E-state index contributed by atoms with van der Waals surface area (Å²) in [6.07, 6.45) is 2.91. The number of aliphatic hydroxyl groups excluding tert-OH is 1. The molecule has 16 nitrogen and oxygen atoms in total. The van der Waals surface area contributed by atoms with E-state index in [1.165, 1.54) is 0 Å². The lowest BCUT2D eigenvalue weighted by atomic mass is 9.99. The van der Waals surface area contributed by atoms with E-state index < -0.39 is 53.8 Å². The van der Waals surface area contributed by atoms with Gasteiger partial charge in [0.25, 0.3) is 15.6 Å². The lowest BCUT2D eigenvalue weighted by Crippen LogP contribution is -2.42. The van der Waals surface area contributed by atoms with Gasteiger partial charge in [-0.15, -0.1) is 6.42 Å². The molecule has 0 saturated carbocycles. The minimum absolute atomic E-state index is 0.150. The Morgan fingerprint density at radius 3 is 2.56 bits per heavy atom. The molecule has 3 rings (SSSR count). The highest BCUT2D eigenvalue weighted by molar-refractivity contribution is 7.64. The number of phosphoric ester groups is 1. The van der Waals surface area contributed by atoms with Gasteiger partial charge in [0, 0.05) is 12.6 Å². The number of phosphoric acid groups is 3. The first-order valence-electron chi connectivity index (χ1n) is 8.51. The largest absolute Gasteiger partial charge is 0.790 e. The molecule has 1 aliphatic rings. The highest BCUT2D eigenvalue weighted by atomic mass is 35.5. The molecule has 3 N–H and O–H groups in total. The molecule has 1 saturated heterocycles. The van der Waals surface area contributed by atoms with Gasteiger partial charge >= 0.3 is 0 Å². The molecule has 3 heterocycles. The van der Waals surface area contributed by atoms with E-state index in [9.17, 15) is 42.8 Å². The van der Waals surface area contributed by atoms with Gasteiger partial charge in [0.15, 0.2) is 17.1 Å². The molecule has 34 heavy (non-hydrogen) atoms. The first kappa shape index (κ1) is 27.1. The number of hydrogen-bond acceptors (Lipinski definition) is 15. The number of anilines is 1. The fourth-order valence-electron chi connectivity index (χ4n) is 3.00. The monoisotopic (exact) mass is 562 g/mol. The standard InChI is InChI=1S/C13H15ClFN4O12P3/c1-2-13(5-28-33(24,25)31-34(26,27)30-32(21,22)23)7(20)3-8(29-13)19-4-6(15)9-10(16)17-12(14)18-11(9)19/h1,4,7-8,20H,3,5H2,(H,24,25)(H,26,27)(H2,16,17,18)(H2,21,22,23)/p-4/t7-,8+,13+/m0/s1. The zero-order valence-corrected chi connectivity index (χ0v) is 19.6. The summed E-state index contributed by atoms with van der Waals surface area (Å²) >= 11 is 5.74. The molecule has 0 aliphatic carbocycles. The van der Waals surface area contributed by atoms with Crippen LogP contribution in [-0.2, 0) is 31.6 Å². The number of rotatable bonds is 8. The Labute approximate surface area is 193 Å². The molecular formula is C13H11ClFN4O12P3-4. The summed E-state index contributed by atoms with van der Waals surface area (Å²) in [6.45, 7) is -1.26. The Morgan fingerprint density at radius 2 is 1.97 bits per heavy atom. The van der Waals surface area contributed by atoms with Crippen molar-refractivity contribution in [3.8, 4) is 12.3 Å². The third-order valence-electron chi connectivity index (χ3n) is 4.33. The highest BCUT2D eigenvalue weighted by Gasteiger charge is 2.49. The van der Waals surface area contributed by atoms with Crippen molar-refractivity contribution in [2.24, 2.45) is 0 Å². The summed E-state index contributed by atoms with van der Waals surface area (Å²) in [5.41, 5.74) is 3.22. The van der Waals surface area contributed by atoms with Crippen molar-refractivity contribution in [3.63, 3.8) is 0 Å². The van der Waals surface area contributed by atoms with Crippen LogP contribution in [0.15, 0.2) is 6.20 Å². The summed E-state index contributed by atoms with van der Waals surface area (Å²) in [6, 6.07) is 0. The van der Waals surface area contributed by atoms with E-state index in [-0.39, 0.29) is 28.6 Å². The molecule has 188 valence electrons. The van der Waals surface area contributed by atoms with E-state index in [1.807, 2.05) is 5.92 Å². The number of hydrogen-bond donors (Lipinski definition) is 2. The average molecular weight is 563 g/mol. The van der Waals surface area contributed by atoms with Crippen LogP contribution in [0.1, 0.15) is 12.6 Å². The number of fused-ring (bicyclic) bond motifs is 1. The zero-order chi connectivity index (χ0) is 25.7. The van der Waals surface area contributed by atoms with E-state index in [1.54, 1.807) is 0 Å². The minimum atomic E-state index is -6.21. The summed E-state index contributed by atoms with van der Waals surface area (Å²) < 4.78 is 65.1. The number of terminal acetylenes is 1. The van der Waals surface area contributed by atoms with Gasteiger partial charge in [-0.3, -0.25) is 13.4 Å². The number of halogens is 2. The molecule has 0 aromatic carbocycles. The van der Waals surface area contributed by atoms with Gasteiger partial charge in [-0.1, -0.05) is 5.92 Å². The van der Waals surface area contributed by atoms with Crippen molar-refractivity contribution >= 4 is 51.9 Å². The molecule has 5 atom stereocenters. The fourth-order valence-corrected chi connectivity index (χ4v) is 6.06. The topological polar surface area (TPSA) is 257 Å². The second-order valence-corrected chi connectivity index (χ2v) is 11.2. The van der Waals surface area contributed by atoms with Gasteiger partial charge in [-0.25, -0.2) is 13.7 Å². The summed E-state index contributed by atoms with van der Waals surface area (Å²) in [5, 5.41) is 9.84. The molecule has 0 bridgehead atoms. The van der Waals surface area contributed by atoms with E-state index in [0.29, 0.717) is 0 Å².